The molecule has 0 atom stereocenters. The Morgan fingerprint density at radius 2 is 1.95 bits per heavy atom. The fourth-order valence-electron chi connectivity index (χ4n) is 2.03. The Labute approximate surface area is 124 Å². The summed E-state index contributed by atoms with van der Waals surface area (Å²) in [5.41, 5.74) is 0.751. The van der Waals surface area contributed by atoms with E-state index in [1.807, 2.05) is 6.07 Å². The van der Waals surface area contributed by atoms with Gasteiger partial charge in [-0.25, -0.2) is 4.39 Å². The van der Waals surface area contributed by atoms with Crippen molar-refractivity contribution in [2.24, 2.45) is 0 Å². The van der Waals surface area contributed by atoms with Crippen LogP contribution in [0.1, 0.15) is 24.8 Å². The average Bonchev–Trinajstić information content (AvgIpc) is 3.28. The standard InChI is InChI=1S/C14H18FN3O2S/c1-17(10-2-9-16)21(19,20)18(14-7-8-14)11-12-3-5-13(15)6-4-12/h3-6,14H,2,7-8,10-11H2,1H3. The number of rotatable bonds is 7. The second-order valence-electron chi connectivity index (χ2n) is 5.14. The molecule has 0 amide bonds. The lowest BCUT2D eigenvalue weighted by Crippen LogP contribution is -2.43. The van der Waals surface area contributed by atoms with Gasteiger partial charge in [0.1, 0.15) is 5.82 Å². The van der Waals surface area contributed by atoms with E-state index in [2.05, 4.69) is 0 Å². The van der Waals surface area contributed by atoms with Crippen molar-refractivity contribution in [2.45, 2.75) is 31.8 Å². The minimum Gasteiger partial charge on any atom is -0.207 e. The van der Waals surface area contributed by atoms with E-state index < -0.39 is 10.2 Å². The SMILES string of the molecule is CN(CCC#N)S(=O)(=O)N(Cc1ccc(F)cc1)C1CC1. The molecule has 0 spiro atoms. The number of halogens is 1. The van der Waals surface area contributed by atoms with Crippen molar-refractivity contribution in [1.82, 2.24) is 8.61 Å². The van der Waals surface area contributed by atoms with Crippen molar-refractivity contribution in [1.29, 1.82) is 5.26 Å². The van der Waals surface area contributed by atoms with E-state index in [0.29, 0.717) is 0 Å². The molecule has 0 heterocycles. The Kier molecular flexibility index (Phi) is 4.93. The molecule has 0 radical (unpaired) electrons. The highest BCUT2D eigenvalue weighted by Gasteiger charge is 2.39. The third kappa shape index (κ3) is 4.00. The van der Waals surface area contributed by atoms with Crippen LogP contribution in [0, 0.1) is 17.1 Å². The molecular formula is C14H18FN3O2S. The van der Waals surface area contributed by atoms with Crippen molar-refractivity contribution in [3.05, 3.63) is 35.6 Å². The zero-order valence-corrected chi connectivity index (χ0v) is 12.7. The fourth-order valence-corrected chi connectivity index (χ4v) is 3.61. The maximum absolute atomic E-state index is 12.9. The van der Waals surface area contributed by atoms with Gasteiger partial charge in [0.2, 0.25) is 0 Å². The van der Waals surface area contributed by atoms with Crippen molar-refractivity contribution in [3.63, 3.8) is 0 Å². The van der Waals surface area contributed by atoms with Gasteiger partial charge in [-0.15, -0.1) is 0 Å². The first-order valence-electron chi connectivity index (χ1n) is 6.79. The lowest BCUT2D eigenvalue weighted by Gasteiger charge is -2.27. The van der Waals surface area contributed by atoms with Crippen LogP contribution in [0.25, 0.3) is 0 Å². The van der Waals surface area contributed by atoms with E-state index in [0.717, 1.165) is 18.4 Å². The van der Waals surface area contributed by atoms with E-state index in [1.54, 1.807) is 12.1 Å². The monoisotopic (exact) mass is 311 g/mol. The zero-order chi connectivity index (χ0) is 15.5. The van der Waals surface area contributed by atoms with E-state index in [9.17, 15) is 12.8 Å². The van der Waals surface area contributed by atoms with Crippen LogP contribution in [0.3, 0.4) is 0 Å². The third-order valence-corrected chi connectivity index (χ3v) is 5.42. The maximum Gasteiger partial charge on any atom is 0.282 e. The molecule has 1 fully saturated rings. The molecule has 21 heavy (non-hydrogen) atoms. The molecule has 0 bridgehead atoms. The van der Waals surface area contributed by atoms with Gasteiger partial charge in [-0.05, 0) is 30.5 Å². The van der Waals surface area contributed by atoms with Gasteiger partial charge in [0.25, 0.3) is 10.2 Å². The number of nitriles is 1. The molecule has 1 aliphatic carbocycles. The highest BCUT2D eigenvalue weighted by atomic mass is 32.2. The quantitative estimate of drug-likeness (QED) is 0.772. The smallest absolute Gasteiger partial charge is 0.207 e. The first-order chi connectivity index (χ1) is 9.95. The van der Waals surface area contributed by atoms with Crippen LogP contribution in [0.2, 0.25) is 0 Å². The van der Waals surface area contributed by atoms with Crippen molar-refractivity contribution >= 4 is 10.2 Å². The predicted molar refractivity (Wildman–Crippen MR) is 76.7 cm³/mol. The highest BCUT2D eigenvalue weighted by molar-refractivity contribution is 7.86. The second-order valence-corrected chi connectivity index (χ2v) is 7.13. The molecule has 0 aliphatic heterocycles. The number of benzene rings is 1. The first-order valence-corrected chi connectivity index (χ1v) is 8.19. The normalized spacial score (nSPS) is 15.4. The minimum absolute atomic E-state index is 0.00425. The van der Waals surface area contributed by atoms with E-state index >= 15 is 0 Å². The first kappa shape index (κ1) is 15.9. The van der Waals surface area contributed by atoms with Crippen molar-refractivity contribution in [3.8, 4) is 6.07 Å². The molecule has 1 aromatic carbocycles. The minimum atomic E-state index is -3.60. The molecule has 0 aromatic heterocycles. The lowest BCUT2D eigenvalue weighted by molar-refractivity contribution is 0.349. The Morgan fingerprint density at radius 3 is 2.48 bits per heavy atom. The van der Waals surface area contributed by atoms with Crippen LogP contribution in [-0.4, -0.2) is 36.7 Å². The summed E-state index contributed by atoms with van der Waals surface area (Å²) in [6.45, 7) is 0.398. The van der Waals surface area contributed by atoms with Crippen LogP contribution < -0.4 is 0 Å². The Hall–Kier alpha value is -1.49. The molecule has 0 unspecified atom stereocenters. The van der Waals surface area contributed by atoms with Gasteiger partial charge in [0.05, 0.1) is 6.07 Å². The fraction of sp³-hybridized carbons (Fsp3) is 0.500. The molecule has 0 saturated heterocycles. The van der Waals surface area contributed by atoms with Crippen LogP contribution in [0.5, 0.6) is 0 Å². The zero-order valence-electron chi connectivity index (χ0n) is 11.9. The van der Waals surface area contributed by atoms with Gasteiger partial charge in [-0.3, -0.25) is 0 Å². The summed E-state index contributed by atoms with van der Waals surface area (Å²) in [4.78, 5) is 0. The summed E-state index contributed by atoms with van der Waals surface area (Å²) >= 11 is 0. The van der Waals surface area contributed by atoms with Gasteiger partial charge in [0, 0.05) is 32.6 Å². The van der Waals surface area contributed by atoms with Gasteiger partial charge in [-0.1, -0.05) is 12.1 Å². The molecule has 1 aliphatic rings. The molecule has 114 valence electrons. The van der Waals surface area contributed by atoms with Crippen LogP contribution in [0.15, 0.2) is 24.3 Å². The number of nitrogens with zero attached hydrogens (tertiary/aromatic N) is 3. The Balaban J connectivity index is 2.15. The Morgan fingerprint density at radius 1 is 1.33 bits per heavy atom. The molecule has 0 N–H and O–H groups in total. The Bertz CT molecular complexity index is 621. The van der Waals surface area contributed by atoms with E-state index in [1.165, 1.54) is 27.8 Å². The highest BCUT2D eigenvalue weighted by Crippen LogP contribution is 2.31. The van der Waals surface area contributed by atoms with Gasteiger partial charge in [-0.2, -0.15) is 22.3 Å². The molecular weight excluding hydrogens is 293 g/mol. The van der Waals surface area contributed by atoms with Crippen molar-refractivity contribution in [2.75, 3.05) is 13.6 Å². The summed E-state index contributed by atoms with van der Waals surface area (Å²) in [6, 6.07) is 7.79. The van der Waals surface area contributed by atoms with Crippen molar-refractivity contribution < 1.29 is 12.8 Å². The lowest BCUT2D eigenvalue weighted by atomic mass is 10.2. The average molecular weight is 311 g/mol. The molecule has 1 aromatic rings. The molecule has 7 heteroatoms. The third-order valence-electron chi connectivity index (χ3n) is 3.43. The number of hydrogen-bond donors (Lipinski definition) is 0. The van der Waals surface area contributed by atoms with Gasteiger partial charge in [0.15, 0.2) is 0 Å². The largest absolute Gasteiger partial charge is 0.282 e. The van der Waals surface area contributed by atoms with Crippen LogP contribution >= 0.6 is 0 Å². The molecule has 2 rings (SSSR count). The molecule has 5 nitrogen and oxygen atoms in total. The van der Waals surface area contributed by atoms with Crippen LogP contribution in [-0.2, 0) is 16.8 Å². The predicted octanol–water partition coefficient (Wildman–Crippen LogP) is 1.88. The van der Waals surface area contributed by atoms with Crippen LogP contribution in [0.4, 0.5) is 4.39 Å². The van der Waals surface area contributed by atoms with E-state index in [4.69, 9.17) is 5.26 Å². The summed E-state index contributed by atoms with van der Waals surface area (Å²) in [5.74, 6) is -0.342. The number of hydrogen-bond acceptors (Lipinski definition) is 3. The summed E-state index contributed by atoms with van der Waals surface area (Å²) in [6.07, 6.45) is 1.84. The topological polar surface area (TPSA) is 64.4 Å². The summed E-state index contributed by atoms with van der Waals surface area (Å²) in [7, 11) is -2.12. The van der Waals surface area contributed by atoms with Gasteiger partial charge < -0.3 is 0 Å². The summed E-state index contributed by atoms with van der Waals surface area (Å²) < 4.78 is 40.7. The van der Waals surface area contributed by atoms with Gasteiger partial charge >= 0.3 is 0 Å². The maximum atomic E-state index is 12.9. The van der Waals surface area contributed by atoms with E-state index in [-0.39, 0.29) is 31.4 Å². The summed E-state index contributed by atoms with van der Waals surface area (Å²) in [5, 5.41) is 8.58. The second kappa shape index (κ2) is 6.52. The molecule has 1 saturated carbocycles.